The van der Waals surface area contributed by atoms with Gasteiger partial charge in [0.1, 0.15) is 6.04 Å². The summed E-state index contributed by atoms with van der Waals surface area (Å²) in [7, 11) is 0. The molecule has 5 heteroatoms. The van der Waals surface area contributed by atoms with Crippen molar-refractivity contribution in [3.05, 3.63) is 22.1 Å². The van der Waals surface area contributed by atoms with Crippen molar-refractivity contribution in [2.24, 2.45) is 5.11 Å². The van der Waals surface area contributed by atoms with Gasteiger partial charge in [-0.2, -0.15) is 0 Å². The minimum atomic E-state index is -0.700. The Hall–Kier alpha value is -1.48. The van der Waals surface area contributed by atoms with Crippen LogP contribution in [0.25, 0.3) is 10.4 Å². The smallest absolute Gasteiger partial charge is 0.315 e. The molecule has 1 aliphatic carbocycles. The number of esters is 1. The lowest BCUT2D eigenvalue weighted by molar-refractivity contribution is -0.144. The van der Waals surface area contributed by atoms with Crippen LogP contribution in [0.4, 0.5) is 0 Å². The third-order valence-corrected chi connectivity index (χ3v) is 2.59. The molecule has 0 amide bonds. The van der Waals surface area contributed by atoms with Crippen LogP contribution in [0, 0.1) is 0 Å². The van der Waals surface area contributed by atoms with E-state index in [1.165, 1.54) is 12.0 Å². The summed E-state index contributed by atoms with van der Waals surface area (Å²) in [5.41, 5.74) is 9.62. The van der Waals surface area contributed by atoms with Crippen LogP contribution in [0.5, 0.6) is 0 Å². The Morgan fingerprint density at radius 1 is 1.69 bits per heavy atom. The van der Waals surface area contributed by atoms with Gasteiger partial charge in [0.05, 0.1) is 6.61 Å². The summed E-state index contributed by atoms with van der Waals surface area (Å²) in [5, 5.41) is 3.50. The Balaban J connectivity index is 2.59. The molecule has 0 heterocycles. The highest BCUT2D eigenvalue weighted by Gasteiger charge is 2.20. The second-order valence-electron chi connectivity index (χ2n) is 3.79. The summed E-state index contributed by atoms with van der Waals surface area (Å²) in [6.45, 7) is 2.06. The highest BCUT2D eigenvalue weighted by atomic mass is 16.5. The molecule has 16 heavy (non-hydrogen) atoms. The predicted octanol–water partition coefficient (Wildman–Crippen LogP) is 3.12. The first-order valence-electron chi connectivity index (χ1n) is 5.66. The standard InChI is InChI=1S/C11H17N3O2/c1-2-16-11(15)10(13-14-12)8-9-6-4-3-5-7-9/h6,10H,2-5,7-8H2,1H3/t10-/m1/s1. The monoisotopic (exact) mass is 223 g/mol. The molecule has 0 radical (unpaired) electrons. The first-order chi connectivity index (χ1) is 7.77. The molecule has 1 aliphatic rings. The first-order valence-corrected chi connectivity index (χ1v) is 5.66. The van der Waals surface area contributed by atoms with E-state index < -0.39 is 12.0 Å². The Bertz CT molecular complexity index is 319. The molecular formula is C11H17N3O2. The number of carbonyl (C=O) groups is 1. The normalized spacial score (nSPS) is 16.9. The molecule has 0 aliphatic heterocycles. The molecule has 0 aromatic carbocycles. The van der Waals surface area contributed by atoms with Crippen LogP contribution in [-0.2, 0) is 9.53 Å². The van der Waals surface area contributed by atoms with Gasteiger partial charge in [-0.05, 0) is 44.6 Å². The lowest BCUT2D eigenvalue weighted by atomic mass is 9.94. The molecule has 0 saturated heterocycles. The molecule has 0 unspecified atom stereocenters. The molecule has 0 aromatic rings. The molecule has 5 nitrogen and oxygen atoms in total. The minimum absolute atomic E-state index is 0.315. The van der Waals surface area contributed by atoms with E-state index in [4.69, 9.17) is 10.3 Å². The minimum Gasteiger partial charge on any atom is -0.466 e. The second-order valence-corrected chi connectivity index (χ2v) is 3.79. The van der Waals surface area contributed by atoms with Crippen molar-refractivity contribution in [2.45, 2.75) is 45.1 Å². The molecule has 0 aromatic heterocycles. The highest BCUT2D eigenvalue weighted by Crippen LogP contribution is 2.22. The van der Waals surface area contributed by atoms with Gasteiger partial charge in [0.15, 0.2) is 0 Å². The van der Waals surface area contributed by atoms with Crippen molar-refractivity contribution in [1.29, 1.82) is 0 Å². The van der Waals surface area contributed by atoms with E-state index in [0.717, 1.165) is 19.3 Å². The van der Waals surface area contributed by atoms with Crippen LogP contribution in [0.2, 0.25) is 0 Å². The number of carbonyl (C=O) groups excluding carboxylic acids is 1. The van der Waals surface area contributed by atoms with Crippen molar-refractivity contribution in [3.8, 4) is 0 Å². The summed E-state index contributed by atoms with van der Waals surface area (Å²) in [6.07, 6.45) is 7.05. The number of hydrogen-bond acceptors (Lipinski definition) is 3. The molecule has 0 bridgehead atoms. The van der Waals surface area contributed by atoms with Crippen molar-refractivity contribution >= 4 is 5.97 Å². The maximum atomic E-state index is 11.5. The Kier molecular flexibility index (Phi) is 5.43. The summed E-state index contributed by atoms with van der Waals surface area (Å²) in [5.74, 6) is -0.424. The zero-order chi connectivity index (χ0) is 11.8. The molecule has 88 valence electrons. The molecule has 0 fully saturated rings. The van der Waals surface area contributed by atoms with E-state index in [9.17, 15) is 4.79 Å². The zero-order valence-corrected chi connectivity index (χ0v) is 9.56. The largest absolute Gasteiger partial charge is 0.466 e. The maximum Gasteiger partial charge on any atom is 0.315 e. The Morgan fingerprint density at radius 3 is 3.06 bits per heavy atom. The fourth-order valence-corrected chi connectivity index (χ4v) is 1.81. The lowest BCUT2D eigenvalue weighted by Crippen LogP contribution is -2.22. The summed E-state index contributed by atoms with van der Waals surface area (Å²) < 4.78 is 4.87. The highest BCUT2D eigenvalue weighted by molar-refractivity contribution is 5.76. The molecule has 0 N–H and O–H groups in total. The third kappa shape index (κ3) is 3.95. The number of ether oxygens (including phenoxy) is 1. The average Bonchev–Trinajstić information content (AvgIpc) is 2.30. The maximum absolute atomic E-state index is 11.5. The molecule has 1 atom stereocenters. The van der Waals surface area contributed by atoms with Gasteiger partial charge in [-0.15, -0.1) is 0 Å². The van der Waals surface area contributed by atoms with E-state index >= 15 is 0 Å². The number of allylic oxidation sites excluding steroid dienone is 1. The van der Waals surface area contributed by atoms with Crippen molar-refractivity contribution in [3.63, 3.8) is 0 Å². The molecule has 0 spiro atoms. The number of rotatable bonds is 5. The van der Waals surface area contributed by atoms with Crippen LogP contribution in [0.3, 0.4) is 0 Å². The van der Waals surface area contributed by atoms with Gasteiger partial charge in [-0.3, -0.25) is 4.79 Å². The van der Waals surface area contributed by atoms with Crippen molar-refractivity contribution in [1.82, 2.24) is 0 Å². The quantitative estimate of drug-likeness (QED) is 0.236. The van der Waals surface area contributed by atoms with Gasteiger partial charge in [0.25, 0.3) is 0 Å². The van der Waals surface area contributed by atoms with Crippen molar-refractivity contribution < 1.29 is 9.53 Å². The Labute approximate surface area is 95.1 Å². The van der Waals surface area contributed by atoms with Gasteiger partial charge in [0, 0.05) is 4.91 Å². The van der Waals surface area contributed by atoms with Gasteiger partial charge in [0.2, 0.25) is 0 Å². The van der Waals surface area contributed by atoms with Crippen LogP contribution >= 0.6 is 0 Å². The van der Waals surface area contributed by atoms with Crippen LogP contribution in [0.1, 0.15) is 39.0 Å². The van der Waals surface area contributed by atoms with E-state index in [2.05, 4.69) is 16.1 Å². The SMILES string of the molecule is CCOC(=O)[C@@H](CC1=CCCCC1)N=[N+]=[N-]. The van der Waals surface area contributed by atoms with Gasteiger partial charge in [-0.1, -0.05) is 16.8 Å². The van der Waals surface area contributed by atoms with Gasteiger partial charge >= 0.3 is 5.97 Å². The third-order valence-electron chi connectivity index (χ3n) is 2.59. The van der Waals surface area contributed by atoms with Crippen LogP contribution in [0.15, 0.2) is 16.8 Å². The number of nitrogens with zero attached hydrogens (tertiary/aromatic N) is 3. The molecule has 1 rings (SSSR count). The summed E-state index contributed by atoms with van der Waals surface area (Å²) >= 11 is 0. The van der Waals surface area contributed by atoms with E-state index in [1.54, 1.807) is 6.92 Å². The summed E-state index contributed by atoms with van der Waals surface area (Å²) in [6, 6.07) is -0.700. The molecular weight excluding hydrogens is 206 g/mol. The number of azide groups is 1. The van der Waals surface area contributed by atoms with Crippen LogP contribution < -0.4 is 0 Å². The zero-order valence-electron chi connectivity index (χ0n) is 9.56. The summed E-state index contributed by atoms with van der Waals surface area (Å²) in [4.78, 5) is 14.2. The molecule has 0 saturated carbocycles. The first kappa shape index (κ1) is 12.6. The Morgan fingerprint density at radius 2 is 2.50 bits per heavy atom. The number of hydrogen-bond donors (Lipinski definition) is 0. The van der Waals surface area contributed by atoms with E-state index in [1.807, 2.05) is 0 Å². The predicted molar refractivity (Wildman–Crippen MR) is 60.7 cm³/mol. The fraction of sp³-hybridized carbons (Fsp3) is 0.727. The van der Waals surface area contributed by atoms with E-state index in [-0.39, 0.29) is 0 Å². The van der Waals surface area contributed by atoms with Crippen LogP contribution in [-0.4, -0.2) is 18.6 Å². The van der Waals surface area contributed by atoms with Gasteiger partial charge < -0.3 is 4.74 Å². The lowest BCUT2D eigenvalue weighted by Gasteiger charge is -2.15. The second kappa shape index (κ2) is 6.90. The topological polar surface area (TPSA) is 75.1 Å². The average molecular weight is 223 g/mol. The van der Waals surface area contributed by atoms with Gasteiger partial charge in [-0.25, -0.2) is 0 Å². The van der Waals surface area contributed by atoms with E-state index in [0.29, 0.717) is 13.0 Å². The fourth-order valence-electron chi connectivity index (χ4n) is 1.81. The van der Waals surface area contributed by atoms with Crippen molar-refractivity contribution in [2.75, 3.05) is 6.61 Å².